The first kappa shape index (κ1) is 26.3. The molecule has 5 aromatic heterocycles. The van der Waals surface area contributed by atoms with Gasteiger partial charge in [0.05, 0.1) is 29.3 Å². The zero-order valence-corrected chi connectivity index (χ0v) is 27.2. The van der Waals surface area contributed by atoms with Crippen LogP contribution in [0.1, 0.15) is 9.75 Å². The highest BCUT2D eigenvalue weighted by Gasteiger charge is 2.36. The Morgan fingerprint density at radius 3 is 1.09 bits per heavy atom. The van der Waals surface area contributed by atoms with Crippen molar-refractivity contribution in [2.24, 2.45) is 0 Å². The second kappa shape index (κ2) is 10.2. The first-order chi connectivity index (χ1) is 21.2. The minimum atomic E-state index is 0.486. The summed E-state index contributed by atoms with van der Waals surface area (Å²) in [6.07, 6.45) is 0. The Balaban J connectivity index is 1.17. The molecule has 4 aliphatic rings. The standard InChI is InChI=1S/C30H24O8S5/c1-13-17-19(33-7-5-31-17)25(39-13)15-3-4-16(41-15)26-21-22(36-10-9-35-21)29(42-26)30-24-23(37-11-12-38-24)28(43-30)27-20-18(14(2)40-27)32-6-8-34-20/h3-4H,5-12H2,1-2H3. The van der Waals surface area contributed by atoms with E-state index in [0.717, 1.165) is 94.8 Å². The van der Waals surface area contributed by atoms with Crippen molar-refractivity contribution in [2.75, 3.05) is 52.9 Å². The highest BCUT2D eigenvalue weighted by atomic mass is 32.1. The summed E-state index contributed by atoms with van der Waals surface area (Å²) in [5, 5.41) is 0. The Kier molecular flexibility index (Phi) is 6.26. The molecule has 0 radical (unpaired) electrons. The molecule has 5 aromatic rings. The molecule has 0 saturated heterocycles. The summed E-state index contributed by atoms with van der Waals surface area (Å²) in [5.41, 5.74) is 0. The lowest BCUT2D eigenvalue weighted by molar-refractivity contribution is 0.171. The van der Waals surface area contributed by atoms with Gasteiger partial charge in [0.1, 0.15) is 52.9 Å². The maximum Gasteiger partial charge on any atom is 0.181 e. The Hall–Kier alpha value is -3.10. The third kappa shape index (κ3) is 4.08. The van der Waals surface area contributed by atoms with Crippen LogP contribution < -0.4 is 37.9 Å². The molecule has 9 rings (SSSR count). The van der Waals surface area contributed by atoms with E-state index in [2.05, 4.69) is 26.0 Å². The quantitative estimate of drug-likeness (QED) is 0.189. The van der Waals surface area contributed by atoms with E-state index >= 15 is 0 Å². The van der Waals surface area contributed by atoms with Crippen molar-refractivity contribution in [2.45, 2.75) is 13.8 Å². The lowest BCUT2D eigenvalue weighted by atomic mass is 10.2. The van der Waals surface area contributed by atoms with Crippen LogP contribution in [0, 0.1) is 13.8 Å². The molecule has 0 saturated carbocycles. The van der Waals surface area contributed by atoms with Crippen LogP contribution in [0.15, 0.2) is 12.1 Å². The lowest BCUT2D eigenvalue weighted by Gasteiger charge is -2.19. The van der Waals surface area contributed by atoms with E-state index in [-0.39, 0.29) is 0 Å². The number of hydrogen-bond donors (Lipinski definition) is 0. The van der Waals surface area contributed by atoms with Crippen LogP contribution in [0.2, 0.25) is 0 Å². The summed E-state index contributed by atoms with van der Waals surface area (Å²) in [7, 11) is 0. The van der Waals surface area contributed by atoms with E-state index in [1.54, 1.807) is 56.7 Å². The smallest absolute Gasteiger partial charge is 0.181 e. The van der Waals surface area contributed by atoms with Gasteiger partial charge in [-0.1, -0.05) is 0 Å². The third-order valence-corrected chi connectivity index (χ3v) is 13.6. The normalized spacial score (nSPS) is 16.4. The molecule has 0 bridgehead atoms. The summed E-state index contributed by atoms with van der Waals surface area (Å²) in [6.45, 7) is 8.34. The maximum atomic E-state index is 6.30. The topological polar surface area (TPSA) is 73.8 Å². The minimum Gasteiger partial charge on any atom is -0.485 e. The second-order valence-corrected chi connectivity index (χ2v) is 15.7. The Bertz CT molecular complexity index is 1890. The summed E-state index contributed by atoms with van der Waals surface area (Å²) in [6, 6.07) is 4.32. The van der Waals surface area contributed by atoms with Gasteiger partial charge in [0.25, 0.3) is 0 Å². The third-order valence-electron chi connectivity index (χ3n) is 7.39. The number of hydrogen-bond acceptors (Lipinski definition) is 13. The van der Waals surface area contributed by atoms with Crippen molar-refractivity contribution >= 4 is 56.7 Å². The highest BCUT2D eigenvalue weighted by molar-refractivity contribution is 7.30. The van der Waals surface area contributed by atoms with Crippen LogP contribution >= 0.6 is 56.7 Å². The lowest BCUT2D eigenvalue weighted by Crippen LogP contribution is -2.16. The second-order valence-electron chi connectivity index (χ2n) is 10.1. The van der Waals surface area contributed by atoms with Crippen molar-refractivity contribution in [1.29, 1.82) is 0 Å². The fourth-order valence-electron chi connectivity index (χ4n) is 5.59. The van der Waals surface area contributed by atoms with Gasteiger partial charge in [-0.25, -0.2) is 0 Å². The van der Waals surface area contributed by atoms with Gasteiger partial charge in [-0.15, -0.1) is 56.7 Å². The van der Waals surface area contributed by atoms with Crippen LogP contribution in [0.25, 0.3) is 39.0 Å². The molecule has 9 heterocycles. The first-order valence-corrected chi connectivity index (χ1v) is 18.0. The summed E-state index contributed by atoms with van der Waals surface area (Å²) in [5.74, 6) is 6.38. The molecule has 0 spiro atoms. The molecular formula is C30H24O8S5. The van der Waals surface area contributed by atoms with E-state index in [0.29, 0.717) is 52.9 Å². The predicted octanol–water partition coefficient (Wildman–Crippen LogP) is 8.36. The summed E-state index contributed by atoms with van der Waals surface area (Å²) >= 11 is 8.41. The Morgan fingerprint density at radius 1 is 0.349 bits per heavy atom. The highest BCUT2D eigenvalue weighted by Crippen LogP contribution is 2.64. The van der Waals surface area contributed by atoms with Gasteiger partial charge in [0.15, 0.2) is 46.0 Å². The fourth-order valence-corrected chi connectivity index (χ4v) is 11.5. The van der Waals surface area contributed by atoms with Crippen LogP contribution in [-0.4, -0.2) is 52.9 Å². The van der Waals surface area contributed by atoms with Crippen molar-refractivity contribution in [3.8, 4) is 85.0 Å². The van der Waals surface area contributed by atoms with Crippen LogP contribution in [0.5, 0.6) is 46.0 Å². The molecule has 4 aliphatic heterocycles. The number of aryl methyl sites for hydroxylation is 2. The molecule has 0 amide bonds. The molecule has 0 aromatic carbocycles. The SMILES string of the molecule is Cc1sc(-c2ccc(-c3sc(-c4sc(-c5sc(C)c6c5OCCO6)c5c4OCCO5)c4c3OCCO4)s2)c2c1OCCO2. The van der Waals surface area contributed by atoms with Crippen LogP contribution in [0.3, 0.4) is 0 Å². The molecule has 0 N–H and O–H groups in total. The van der Waals surface area contributed by atoms with Crippen molar-refractivity contribution in [1.82, 2.24) is 0 Å². The summed E-state index contributed by atoms with van der Waals surface area (Å²) in [4.78, 5) is 10.6. The van der Waals surface area contributed by atoms with Gasteiger partial charge in [0.2, 0.25) is 0 Å². The van der Waals surface area contributed by atoms with Gasteiger partial charge in [-0.3, -0.25) is 0 Å². The number of rotatable bonds is 4. The average molecular weight is 673 g/mol. The fraction of sp³-hybridized carbons (Fsp3) is 0.333. The Morgan fingerprint density at radius 2 is 0.628 bits per heavy atom. The van der Waals surface area contributed by atoms with E-state index < -0.39 is 0 Å². The molecular weight excluding hydrogens is 649 g/mol. The van der Waals surface area contributed by atoms with Crippen molar-refractivity contribution < 1.29 is 37.9 Å². The monoisotopic (exact) mass is 672 g/mol. The molecule has 8 nitrogen and oxygen atoms in total. The molecule has 222 valence electrons. The van der Waals surface area contributed by atoms with E-state index in [1.165, 1.54) is 0 Å². The molecule has 0 fully saturated rings. The number of ether oxygens (including phenoxy) is 8. The van der Waals surface area contributed by atoms with Gasteiger partial charge < -0.3 is 37.9 Å². The van der Waals surface area contributed by atoms with E-state index in [9.17, 15) is 0 Å². The molecule has 0 aliphatic carbocycles. The first-order valence-electron chi connectivity index (χ1n) is 13.9. The van der Waals surface area contributed by atoms with E-state index in [1.807, 2.05) is 0 Å². The van der Waals surface area contributed by atoms with Crippen molar-refractivity contribution in [3.63, 3.8) is 0 Å². The maximum absolute atomic E-state index is 6.30. The summed E-state index contributed by atoms with van der Waals surface area (Å²) < 4.78 is 49.1. The number of fused-ring (bicyclic) bond motifs is 4. The van der Waals surface area contributed by atoms with Crippen molar-refractivity contribution in [3.05, 3.63) is 21.9 Å². The van der Waals surface area contributed by atoms with Crippen LogP contribution in [-0.2, 0) is 0 Å². The molecule has 43 heavy (non-hydrogen) atoms. The van der Waals surface area contributed by atoms with Gasteiger partial charge in [-0.2, -0.15) is 0 Å². The molecule has 0 unspecified atom stereocenters. The van der Waals surface area contributed by atoms with Gasteiger partial charge in [-0.05, 0) is 26.0 Å². The zero-order chi connectivity index (χ0) is 28.7. The minimum absolute atomic E-state index is 0.486. The predicted molar refractivity (Wildman–Crippen MR) is 171 cm³/mol. The largest absolute Gasteiger partial charge is 0.485 e. The van der Waals surface area contributed by atoms with E-state index in [4.69, 9.17) is 37.9 Å². The zero-order valence-electron chi connectivity index (χ0n) is 23.1. The average Bonchev–Trinajstić information content (AvgIpc) is 3.87. The molecule has 0 atom stereocenters. The number of thiophene rings is 5. The Labute approximate surface area is 266 Å². The molecule has 13 heteroatoms. The van der Waals surface area contributed by atoms with Gasteiger partial charge >= 0.3 is 0 Å². The van der Waals surface area contributed by atoms with Gasteiger partial charge in [0, 0.05) is 19.5 Å². The van der Waals surface area contributed by atoms with Crippen LogP contribution in [0.4, 0.5) is 0 Å².